The molecule has 1 aliphatic heterocycles. The molecule has 1 saturated heterocycles. The van der Waals surface area contributed by atoms with Crippen LogP contribution in [-0.2, 0) is 9.59 Å². The van der Waals surface area contributed by atoms with Gasteiger partial charge in [0.15, 0.2) is 0 Å². The maximum absolute atomic E-state index is 11.8. The second-order valence-corrected chi connectivity index (χ2v) is 4.39. The van der Waals surface area contributed by atoms with Crippen LogP contribution in [0, 0.1) is 0 Å². The van der Waals surface area contributed by atoms with Crippen molar-refractivity contribution in [3.63, 3.8) is 0 Å². The maximum atomic E-state index is 11.8. The number of nitrogens with zero attached hydrogens (tertiary/aromatic N) is 1. The van der Waals surface area contributed by atoms with Crippen molar-refractivity contribution in [2.24, 2.45) is 0 Å². The molecule has 86 valence electrons. The van der Waals surface area contributed by atoms with Crippen LogP contribution in [0.15, 0.2) is 0 Å². The highest BCUT2D eigenvalue weighted by Crippen LogP contribution is 2.26. The first-order chi connectivity index (χ1) is 7.07. The minimum atomic E-state index is -0.0556. The van der Waals surface area contributed by atoms with Crippen LogP contribution in [0.2, 0.25) is 0 Å². The fourth-order valence-electron chi connectivity index (χ4n) is 2.40. The van der Waals surface area contributed by atoms with Crippen LogP contribution in [0.3, 0.4) is 0 Å². The highest BCUT2D eigenvalue weighted by atomic mass is 16.2. The fraction of sp³-hybridized carbons (Fsp3) is 0.818. The summed E-state index contributed by atoms with van der Waals surface area (Å²) in [4.78, 5) is 24.2. The molecule has 1 unspecified atom stereocenters. The highest BCUT2D eigenvalue weighted by Gasteiger charge is 2.36. The van der Waals surface area contributed by atoms with E-state index in [0.29, 0.717) is 12.1 Å². The quantitative estimate of drug-likeness (QED) is 0.693. The van der Waals surface area contributed by atoms with Crippen LogP contribution < -0.4 is 5.32 Å². The Labute approximate surface area is 91.0 Å². The van der Waals surface area contributed by atoms with Crippen molar-refractivity contribution < 1.29 is 9.59 Å². The molecule has 1 heterocycles. The summed E-state index contributed by atoms with van der Waals surface area (Å²) in [5.41, 5.74) is 0. The van der Waals surface area contributed by atoms with E-state index in [1.165, 1.54) is 0 Å². The molecule has 1 rings (SSSR count). The van der Waals surface area contributed by atoms with Gasteiger partial charge in [-0.2, -0.15) is 0 Å². The summed E-state index contributed by atoms with van der Waals surface area (Å²) in [6.07, 6.45) is 2.66. The van der Waals surface area contributed by atoms with E-state index in [1.807, 2.05) is 0 Å². The van der Waals surface area contributed by atoms with E-state index in [1.54, 1.807) is 0 Å². The van der Waals surface area contributed by atoms with Gasteiger partial charge < -0.3 is 10.1 Å². The molecule has 1 amide bonds. The maximum Gasteiger partial charge on any atom is 0.237 e. The first-order valence-corrected chi connectivity index (χ1v) is 5.56. The van der Waals surface area contributed by atoms with Crippen molar-refractivity contribution in [3.05, 3.63) is 0 Å². The van der Waals surface area contributed by atoms with E-state index in [-0.39, 0.29) is 18.5 Å². The molecule has 0 aromatic rings. The molecule has 4 nitrogen and oxygen atoms in total. The van der Waals surface area contributed by atoms with Crippen LogP contribution in [0.1, 0.15) is 33.6 Å². The molecule has 0 spiro atoms. The van der Waals surface area contributed by atoms with Gasteiger partial charge in [0.05, 0.1) is 12.6 Å². The van der Waals surface area contributed by atoms with Gasteiger partial charge in [-0.05, 0) is 33.6 Å². The third-order valence-electron chi connectivity index (χ3n) is 2.99. The van der Waals surface area contributed by atoms with Crippen molar-refractivity contribution in [2.75, 3.05) is 6.54 Å². The smallest absolute Gasteiger partial charge is 0.237 e. The molecule has 2 atom stereocenters. The largest absolute Gasteiger partial charge is 0.348 e. The molecular formula is C11H20N2O2. The van der Waals surface area contributed by atoms with Gasteiger partial charge in [0, 0.05) is 12.1 Å². The van der Waals surface area contributed by atoms with Gasteiger partial charge >= 0.3 is 0 Å². The summed E-state index contributed by atoms with van der Waals surface area (Å²) >= 11 is 0. The number of amides is 1. The molecular weight excluding hydrogens is 192 g/mol. The Morgan fingerprint density at radius 2 is 2.20 bits per heavy atom. The lowest BCUT2D eigenvalue weighted by atomic mass is 10.2. The Morgan fingerprint density at radius 1 is 1.53 bits per heavy atom. The summed E-state index contributed by atoms with van der Waals surface area (Å²) in [5.74, 6) is -0.0137. The molecule has 0 aromatic carbocycles. The van der Waals surface area contributed by atoms with E-state index in [2.05, 4.69) is 31.0 Å². The predicted octanol–water partition coefficient (Wildman–Crippen LogP) is 0.563. The topological polar surface area (TPSA) is 49.4 Å². The number of nitrogens with one attached hydrogen (secondary N) is 1. The monoisotopic (exact) mass is 212 g/mol. The molecule has 1 fully saturated rings. The normalized spacial score (nSPS) is 26.9. The summed E-state index contributed by atoms with van der Waals surface area (Å²) in [6, 6.07) is 0.770. The summed E-state index contributed by atoms with van der Waals surface area (Å²) in [7, 11) is 0. The van der Waals surface area contributed by atoms with Crippen molar-refractivity contribution in [3.8, 4) is 0 Å². The van der Waals surface area contributed by atoms with Gasteiger partial charge in [0.1, 0.15) is 6.29 Å². The lowest BCUT2D eigenvalue weighted by Crippen LogP contribution is -2.48. The number of likely N-dealkylation sites (tertiary alicyclic amines) is 1. The third kappa shape index (κ3) is 2.78. The standard InChI is InChI=1S/C11H20N2O2/c1-8(2)13-9(3)4-5-10(13)11(15)12-6-7-14/h7-10H,4-6H2,1-3H3,(H,12,15)/t9?,10-/m1/s1. The van der Waals surface area contributed by atoms with Crippen LogP contribution in [0.5, 0.6) is 0 Å². The lowest BCUT2D eigenvalue weighted by Gasteiger charge is -2.31. The third-order valence-corrected chi connectivity index (χ3v) is 2.99. The Morgan fingerprint density at radius 3 is 2.73 bits per heavy atom. The average molecular weight is 212 g/mol. The number of rotatable bonds is 4. The number of hydrogen-bond acceptors (Lipinski definition) is 3. The zero-order valence-electron chi connectivity index (χ0n) is 9.69. The van der Waals surface area contributed by atoms with Gasteiger partial charge in [0.25, 0.3) is 0 Å². The minimum absolute atomic E-state index is 0.0137. The van der Waals surface area contributed by atoms with Gasteiger partial charge in [0.2, 0.25) is 5.91 Å². The van der Waals surface area contributed by atoms with Crippen LogP contribution in [-0.4, -0.2) is 41.8 Å². The first kappa shape index (κ1) is 12.2. The molecule has 0 bridgehead atoms. The van der Waals surface area contributed by atoms with Crippen LogP contribution >= 0.6 is 0 Å². The molecule has 1 aliphatic rings. The minimum Gasteiger partial charge on any atom is -0.348 e. The number of carbonyl (C=O) groups is 2. The Balaban J connectivity index is 2.60. The zero-order valence-corrected chi connectivity index (χ0v) is 9.69. The predicted molar refractivity (Wildman–Crippen MR) is 58.5 cm³/mol. The van der Waals surface area contributed by atoms with Crippen molar-refractivity contribution >= 4 is 12.2 Å². The van der Waals surface area contributed by atoms with E-state index in [0.717, 1.165) is 19.1 Å². The first-order valence-electron chi connectivity index (χ1n) is 5.56. The van der Waals surface area contributed by atoms with E-state index in [4.69, 9.17) is 0 Å². The molecule has 0 radical (unpaired) electrons. The second-order valence-electron chi connectivity index (χ2n) is 4.39. The Bertz CT molecular complexity index is 241. The highest BCUT2D eigenvalue weighted by molar-refractivity contribution is 5.83. The van der Waals surface area contributed by atoms with E-state index < -0.39 is 0 Å². The van der Waals surface area contributed by atoms with Crippen molar-refractivity contribution in [1.82, 2.24) is 10.2 Å². The van der Waals surface area contributed by atoms with Crippen LogP contribution in [0.25, 0.3) is 0 Å². The molecule has 0 saturated carbocycles. The fourth-order valence-corrected chi connectivity index (χ4v) is 2.40. The summed E-state index contributed by atoms with van der Waals surface area (Å²) < 4.78 is 0. The molecule has 4 heteroatoms. The molecule has 0 aliphatic carbocycles. The Hall–Kier alpha value is -0.900. The lowest BCUT2D eigenvalue weighted by molar-refractivity contribution is -0.127. The average Bonchev–Trinajstić information content (AvgIpc) is 2.56. The van der Waals surface area contributed by atoms with Crippen molar-refractivity contribution in [1.29, 1.82) is 0 Å². The van der Waals surface area contributed by atoms with Gasteiger partial charge in [-0.15, -0.1) is 0 Å². The molecule has 0 aromatic heterocycles. The SMILES string of the molecule is CC(C)N1C(C)CC[C@@H]1C(=O)NCC=O. The number of hydrogen-bond donors (Lipinski definition) is 1. The summed E-state index contributed by atoms with van der Waals surface area (Å²) in [6.45, 7) is 6.46. The number of carbonyl (C=O) groups excluding carboxylic acids is 2. The number of aldehydes is 1. The van der Waals surface area contributed by atoms with E-state index in [9.17, 15) is 9.59 Å². The van der Waals surface area contributed by atoms with E-state index >= 15 is 0 Å². The molecule has 15 heavy (non-hydrogen) atoms. The molecule has 1 N–H and O–H groups in total. The second kappa shape index (κ2) is 5.26. The van der Waals surface area contributed by atoms with Gasteiger partial charge in [-0.25, -0.2) is 0 Å². The van der Waals surface area contributed by atoms with Gasteiger partial charge in [-0.1, -0.05) is 0 Å². The van der Waals surface area contributed by atoms with Crippen molar-refractivity contribution in [2.45, 2.75) is 51.7 Å². The van der Waals surface area contributed by atoms with Gasteiger partial charge in [-0.3, -0.25) is 9.69 Å². The Kier molecular flexibility index (Phi) is 4.27. The van der Waals surface area contributed by atoms with Crippen LogP contribution in [0.4, 0.5) is 0 Å². The zero-order chi connectivity index (χ0) is 11.4. The summed E-state index contributed by atoms with van der Waals surface area (Å²) in [5, 5.41) is 2.63.